The molecule has 0 N–H and O–H groups in total. The van der Waals surface area contributed by atoms with Crippen molar-refractivity contribution in [2.24, 2.45) is 0 Å². The van der Waals surface area contributed by atoms with Crippen molar-refractivity contribution in [1.82, 2.24) is 0 Å². The van der Waals surface area contributed by atoms with Crippen LogP contribution in [0.3, 0.4) is 0 Å². The van der Waals surface area contributed by atoms with Gasteiger partial charge in [0.25, 0.3) is 0 Å². The third kappa shape index (κ3) is 2.75. The van der Waals surface area contributed by atoms with Crippen molar-refractivity contribution in [3.05, 3.63) is 72.3 Å². The number of hydrogen-bond acceptors (Lipinski definition) is 0. The van der Waals surface area contributed by atoms with Crippen molar-refractivity contribution in [2.75, 3.05) is 0 Å². The normalized spacial score (nSPS) is 10.8. The van der Waals surface area contributed by atoms with Crippen LogP contribution in [0.1, 0.15) is 25.3 Å². The predicted octanol–water partition coefficient (Wildman–Crippen LogP) is 5.85. The molecule has 0 bridgehead atoms. The summed E-state index contributed by atoms with van der Waals surface area (Å²) in [5.41, 5.74) is 4.04. The lowest BCUT2D eigenvalue weighted by Gasteiger charge is -2.06. The second-order valence-electron chi connectivity index (χ2n) is 5.36. The Kier molecular flexibility index (Phi) is 3.83. The number of rotatable bonds is 4. The molecule has 3 aromatic carbocycles. The second kappa shape index (κ2) is 5.92. The SMILES string of the molecule is CCCCc1ccc(-c2ccc3ccccc3c2)cc1. The Labute approximate surface area is 121 Å². The van der Waals surface area contributed by atoms with Crippen molar-refractivity contribution in [3.8, 4) is 11.1 Å². The first-order chi connectivity index (χ1) is 9.86. The van der Waals surface area contributed by atoms with E-state index in [1.165, 1.54) is 46.7 Å². The van der Waals surface area contributed by atoms with Gasteiger partial charge in [-0.1, -0.05) is 74.0 Å². The average Bonchev–Trinajstić information content (AvgIpc) is 2.53. The van der Waals surface area contributed by atoms with Gasteiger partial charge in [-0.25, -0.2) is 0 Å². The molecule has 0 heteroatoms. The van der Waals surface area contributed by atoms with Crippen molar-refractivity contribution in [3.63, 3.8) is 0 Å². The van der Waals surface area contributed by atoms with E-state index in [4.69, 9.17) is 0 Å². The molecular weight excluding hydrogens is 240 g/mol. The quantitative estimate of drug-likeness (QED) is 0.552. The summed E-state index contributed by atoms with van der Waals surface area (Å²) in [7, 11) is 0. The number of benzene rings is 3. The summed E-state index contributed by atoms with van der Waals surface area (Å²) in [6.07, 6.45) is 3.72. The number of fused-ring (bicyclic) bond motifs is 1. The van der Waals surface area contributed by atoms with E-state index in [1.54, 1.807) is 0 Å². The van der Waals surface area contributed by atoms with E-state index in [-0.39, 0.29) is 0 Å². The lowest BCUT2D eigenvalue weighted by Crippen LogP contribution is -1.85. The third-order valence-corrected chi connectivity index (χ3v) is 3.86. The zero-order valence-corrected chi connectivity index (χ0v) is 12.0. The maximum absolute atomic E-state index is 2.27. The molecule has 20 heavy (non-hydrogen) atoms. The summed E-state index contributed by atoms with van der Waals surface area (Å²) < 4.78 is 0. The Morgan fingerprint density at radius 2 is 1.40 bits per heavy atom. The maximum Gasteiger partial charge on any atom is -0.0178 e. The van der Waals surface area contributed by atoms with E-state index >= 15 is 0 Å². The first-order valence-corrected chi connectivity index (χ1v) is 7.45. The Hall–Kier alpha value is -2.08. The fourth-order valence-electron chi connectivity index (χ4n) is 2.61. The fourth-order valence-corrected chi connectivity index (χ4v) is 2.61. The Bertz CT molecular complexity index is 693. The number of unbranched alkanes of at least 4 members (excludes halogenated alkanes) is 1. The molecule has 0 saturated heterocycles. The van der Waals surface area contributed by atoms with Gasteiger partial charge >= 0.3 is 0 Å². The lowest BCUT2D eigenvalue weighted by atomic mass is 9.99. The Morgan fingerprint density at radius 1 is 0.700 bits per heavy atom. The molecule has 0 saturated carbocycles. The van der Waals surface area contributed by atoms with Crippen LogP contribution in [-0.2, 0) is 6.42 Å². The lowest BCUT2D eigenvalue weighted by molar-refractivity contribution is 0.795. The highest BCUT2D eigenvalue weighted by atomic mass is 14.0. The van der Waals surface area contributed by atoms with Crippen LogP contribution in [0, 0.1) is 0 Å². The van der Waals surface area contributed by atoms with Gasteiger partial charge in [0, 0.05) is 0 Å². The van der Waals surface area contributed by atoms with Crippen molar-refractivity contribution < 1.29 is 0 Å². The van der Waals surface area contributed by atoms with Crippen LogP contribution in [0.5, 0.6) is 0 Å². The van der Waals surface area contributed by atoms with Gasteiger partial charge in [-0.05, 0) is 46.4 Å². The molecule has 0 heterocycles. The first-order valence-electron chi connectivity index (χ1n) is 7.45. The minimum atomic E-state index is 1.19. The van der Waals surface area contributed by atoms with Gasteiger partial charge in [0.15, 0.2) is 0 Å². The number of hydrogen-bond donors (Lipinski definition) is 0. The summed E-state index contributed by atoms with van der Waals surface area (Å²) in [6.45, 7) is 2.24. The topological polar surface area (TPSA) is 0 Å². The van der Waals surface area contributed by atoms with Gasteiger partial charge in [-0.2, -0.15) is 0 Å². The molecule has 3 rings (SSSR count). The zero-order valence-electron chi connectivity index (χ0n) is 12.0. The van der Waals surface area contributed by atoms with Crippen LogP contribution in [0.4, 0.5) is 0 Å². The molecule has 0 aromatic heterocycles. The maximum atomic E-state index is 2.27. The smallest absolute Gasteiger partial charge is 0.0178 e. The molecule has 0 unspecified atom stereocenters. The van der Waals surface area contributed by atoms with Gasteiger partial charge < -0.3 is 0 Å². The summed E-state index contributed by atoms with van der Waals surface area (Å²) in [5.74, 6) is 0. The van der Waals surface area contributed by atoms with E-state index in [2.05, 4.69) is 73.7 Å². The molecule has 0 spiro atoms. The van der Waals surface area contributed by atoms with Gasteiger partial charge in [-0.15, -0.1) is 0 Å². The molecule has 0 fully saturated rings. The molecule has 0 nitrogen and oxygen atoms in total. The third-order valence-electron chi connectivity index (χ3n) is 3.86. The summed E-state index contributed by atoms with van der Waals surface area (Å²) in [5, 5.41) is 2.61. The van der Waals surface area contributed by atoms with E-state index < -0.39 is 0 Å². The highest BCUT2D eigenvalue weighted by molar-refractivity contribution is 5.87. The molecule has 0 amide bonds. The molecular formula is C20H20. The van der Waals surface area contributed by atoms with Gasteiger partial charge in [-0.3, -0.25) is 0 Å². The second-order valence-corrected chi connectivity index (χ2v) is 5.36. The molecule has 100 valence electrons. The first kappa shape index (κ1) is 12.9. The molecule has 0 radical (unpaired) electrons. The average molecular weight is 260 g/mol. The van der Waals surface area contributed by atoms with E-state index in [1.807, 2.05) is 0 Å². The standard InChI is InChI=1S/C20H20/c1-2-3-6-16-9-11-18(12-10-16)20-14-13-17-7-4-5-8-19(17)15-20/h4-5,7-15H,2-3,6H2,1H3. The monoisotopic (exact) mass is 260 g/mol. The summed E-state index contributed by atoms with van der Waals surface area (Å²) in [4.78, 5) is 0. The summed E-state index contributed by atoms with van der Waals surface area (Å²) in [6, 6.07) is 24.2. The minimum absolute atomic E-state index is 1.19. The van der Waals surface area contributed by atoms with E-state index in [9.17, 15) is 0 Å². The van der Waals surface area contributed by atoms with Gasteiger partial charge in [0.05, 0.1) is 0 Å². The van der Waals surface area contributed by atoms with E-state index in [0.29, 0.717) is 0 Å². The molecule has 0 aliphatic rings. The van der Waals surface area contributed by atoms with Crippen LogP contribution < -0.4 is 0 Å². The highest BCUT2D eigenvalue weighted by Gasteiger charge is 2.00. The Balaban J connectivity index is 1.90. The van der Waals surface area contributed by atoms with Crippen LogP contribution in [0.2, 0.25) is 0 Å². The van der Waals surface area contributed by atoms with Crippen LogP contribution >= 0.6 is 0 Å². The van der Waals surface area contributed by atoms with Crippen molar-refractivity contribution in [1.29, 1.82) is 0 Å². The van der Waals surface area contributed by atoms with Crippen LogP contribution in [0.15, 0.2) is 66.7 Å². The predicted molar refractivity (Wildman–Crippen MR) is 88.0 cm³/mol. The largest absolute Gasteiger partial charge is 0.0654 e. The van der Waals surface area contributed by atoms with Gasteiger partial charge in [0.2, 0.25) is 0 Å². The molecule has 0 aliphatic carbocycles. The molecule has 3 aromatic rings. The van der Waals surface area contributed by atoms with Crippen LogP contribution in [-0.4, -0.2) is 0 Å². The van der Waals surface area contributed by atoms with E-state index in [0.717, 1.165) is 0 Å². The van der Waals surface area contributed by atoms with Crippen molar-refractivity contribution in [2.45, 2.75) is 26.2 Å². The fraction of sp³-hybridized carbons (Fsp3) is 0.200. The molecule has 0 atom stereocenters. The van der Waals surface area contributed by atoms with Crippen LogP contribution in [0.25, 0.3) is 21.9 Å². The Morgan fingerprint density at radius 3 is 2.15 bits per heavy atom. The van der Waals surface area contributed by atoms with Crippen molar-refractivity contribution >= 4 is 10.8 Å². The zero-order chi connectivity index (χ0) is 13.8. The minimum Gasteiger partial charge on any atom is -0.0654 e. The summed E-state index contributed by atoms with van der Waals surface area (Å²) >= 11 is 0. The van der Waals surface area contributed by atoms with Gasteiger partial charge in [0.1, 0.15) is 0 Å². The molecule has 0 aliphatic heterocycles. The highest BCUT2D eigenvalue weighted by Crippen LogP contribution is 2.25. The number of aryl methyl sites for hydroxylation is 1.